The van der Waals surface area contributed by atoms with Crippen LogP contribution in [-0.4, -0.2) is 49.2 Å². The van der Waals surface area contributed by atoms with E-state index in [2.05, 4.69) is 15.8 Å². The second-order valence-electron chi connectivity index (χ2n) is 4.55. The fraction of sp³-hybridized carbons (Fsp3) is 0.727. The second kappa shape index (κ2) is 6.37. The van der Waals surface area contributed by atoms with E-state index in [0.29, 0.717) is 26.0 Å². The van der Waals surface area contributed by atoms with Gasteiger partial charge in [-0.05, 0) is 19.8 Å². The summed E-state index contributed by atoms with van der Waals surface area (Å²) in [7, 11) is 1.53. The van der Waals surface area contributed by atoms with Gasteiger partial charge in [0.25, 0.3) is 0 Å². The lowest BCUT2D eigenvalue weighted by Gasteiger charge is -2.18. The van der Waals surface area contributed by atoms with Crippen LogP contribution in [0.2, 0.25) is 0 Å². The number of carbonyl (C=O) groups excluding carboxylic acids is 2. The topological polar surface area (TPSA) is 126 Å². The number of methoxy groups -OCH3 is 1. The first-order valence-electron chi connectivity index (χ1n) is 6.03. The molecule has 1 saturated carbocycles. The van der Waals surface area contributed by atoms with Gasteiger partial charge in [-0.25, -0.2) is 0 Å². The van der Waals surface area contributed by atoms with Crippen molar-refractivity contribution in [1.29, 1.82) is 0 Å². The van der Waals surface area contributed by atoms with E-state index in [1.165, 1.54) is 7.11 Å². The smallest absolute Gasteiger partial charge is 0.242 e. The maximum absolute atomic E-state index is 12.0. The molecular formula is C11H20N4O4. The van der Waals surface area contributed by atoms with Crippen LogP contribution < -0.4 is 16.4 Å². The van der Waals surface area contributed by atoms with Crippen LogP contribution in [-0.2, 0) is 14.3 Å². The third-order valence-corrected chi connectivity index (χ3v) is 3.13. The molecule has 1 rings (SSSR count). The Kier molecular flexibility index (Phi) is 5.11. The van der Waals surface area contributed by atoms with Gasteiger partial charge in [-0.1, -0.05) is 5.16 Å². The number of nitrogens with zero attached hydrogens (tertiary/aromatic N) is 1. The molecule has 0 aromatic carbocycles. The normalized spacial score (nSPS) is 18.5. The predicted octanol–water partition coefficient (Wildman–Crippen LogP) is -1.22. The fourth-order valence-corrected chi connectivity index (χ4v) is 1.65. The summed E-state index contributed by atoms with van der Waals surface area (Å²) >= 11 is 0. The molecule has 19 heavy (non-hydrogen) atoms. The number of amidine groups is 1. The number of nitrogens with one attached hydrogen (secondary N) is 2. The number of nitrogens with two attached hydrogens (primary N) is 1. The van der Waals surface area contributed by atoms with Gasteiger partial charge in [0.05, 0.1) is 6.61 Å². The third kappa shape index (κ3) is 3.57. The summed E-state index contributed by atoms with van der Waals surface area (Å²) in [5.74, 6) is -0.810. The molecule has 0 aromatic heterocycles. The predicted molar refractivity (Wildman–Crippen MR) is 67.6 cm³/mol. The van der Waals surface area contributed by atoms with Crippen molar-refractivity contribution < 1.29 is 19.5 Å². The maximum Gasteiger partial charge on any atom is 0.242 e. The van der Waals surface area contributed by atoms with Crippen LogP contribution in [0.15, 0.2) is 5.16 Å². The zero-order valence-electron chi connectivity index (χ0n) is 11.1. The average molecular weight is 272 g/mol. The number of rotatable bonds is 7. The van der Waals surface area contributed by atoms with Crippen LogP contribution in [0.4, 0.5) is 0 Å². The number of hydrogen-bond acceptors (Lipinski definition) is 5. The molecular weight excluding hydrogens is 252 g/mol. The number of carbonyl (C=O) groups is 2. The van der Waals surface area contributed by atoms with Gasteiger partial charge in [-0.15, -0.1) is 0 Å². The summed E-state index contributed by atoms with van der Waals surface area (Å²) in [6.45, 7) is 2.35. The van der Waals surface area contributed by atoms with Crippen molar-refractivity contribution in [1.82, 2.24) is 10.6 Å². The van der Waals surface area contributed by atoms with E-state index in [-0.39, 0.29) is 11.7 Å². The van der Waals surface area contributed by atoms with Crippen molar-refractivity contribution in [3.63, 3.8) is 0 Å². The molecule has 1 aliphatic carbocycles. The molecule has 2 amide bonds. The molecule has 0 saturated heterocycles. The second-order valence-corrected chi connectivity index (χ2v) is 4.55. The summed E-state index contributed by atoms with van der Waals surface area (Å²) in [4.78, 5) is 23.6. The third-order valence-electron chi connectivity index (χ3n) is 3.13. The van der Waals surface area contributed by atoms with Crippen molar-refractivity contribution in [2.45, 2.75) is 25.8 Å². The summed E-state index contributed by atoms with van der Waals surface area (Å²) in [5, 5.41) is 16.7. The molecule has 0 bridgehead atoms. The average Bonchev–Trinajstić information content (AvgIpc) is 3.19. The number of amides is 2. The highest BCUT2D eigenvalue weighted by Crippen LogP contribution is 2.46. The van der Waals surface area contributed by atoms with Crippen LogP contribution in [0.25, 0.3) is 0 Å². The molecule has 0 aromatic rings. The SMILES string of the molecule is COCCNC(=O)C(C)NC(=O)C1(C(N)=NO)CC1. The van der Waals surface area contributed by atoms with Crippen molar-refractivity contribution in [3.8, 4) is 0 Å². The van der Waals surface area contributed by atoms with Gasteiger partial charge in [0.2, 0.25) is 11.8 Å². The zero-order valence-corrected chi connectivity index (χ0v) is 11.1. The van der Waals surface area contributed by atoms with Crippen molar-refractivity contribution in [2.24, 2.45) is 16.3 Å². The van der Waals surface area contributed by atoms with Gasteiger partial charge >= 0.3 is 0 Å². The van der Waals surface area contributed by atoms with E-state index in [9.17, 15) is 9.59 Å². The molecule has 1 aliphatic rings. The molecule has 0 spiro atoms. The van der Waals surface area contributed by atoms with Gasteiger partial charge in [-0.2, -0.15) is 0 Å². The fourth-order valence-electron chi connectivity index (χ4n) is 1.65. The molecule has 5 N–H and O–H groups in total. The van der Waals surface area contributed by atoms with E-state index in [4.69, 9.17) is 15.7 Å². The maximum atomic E-state index is 12.0. The van der Waals surface area contributed by atoms with E-state index in [1.54, 1.807) is 6.92 Å². The van der Waals surface area contributed by atoms with Gasteiger partial charge in [0, 0.05) is 13.7 Å². The lowest BCUT2D eigenvalue weighted by Crippen LogP contribution is -2.50. The largest absolute Gasteiger partial charge is 0.409 e. The molecule has 8 nitrogen and oxygen atoms in total. The van der Waals surface area contributed by atoms with Crippen LogP contribution in [0.3, 0.4) is 0 Å². The van der Waals surface area contributed by atoms with Crippen LogP contribution in [0.1, 0.15) is 19.8 Å². The summed E-state index contributed by atoms with van der Waals surface area (Å²) in [6.07, 6.45) is 1.04. The summed E-state index contributed by atoms with van der Waals surface area (Å²) < 4.78 is 4.80. The minimum atomic E-state index is -0.949. The molecule has 0 aliphatic heterocycles. The molecule has 108 valence electrons. The Morgan fingerprint density at radius 2 is 2.16 bits per heavy atom. The lowest BCUT2D eigenvalue weighted by atomic mass is 10.0. The molecule has 1 unspecified atom stereocenters. The highest BCUT2D eigenvalue weighted by atomic mass is 16.5. The Morgan fingerprint density at radius 1 is 1.53 bits per heavy atom. The summed E-state index contributed by atoms with van der Waals surface area (Å²) in [6, 6.07) is -0.687. The number of ether oxygens (including phenoxy) is 1. The van der Waals surface area contributed by atoms with Crippen molar-refractivity contribution in [3.05, 3.63) is 0 Å². The van der Waals surface area contributed by atoms with E-state index in [1.807, 2.05) is 0 Å². The molecule has 1 atom stereocenters. The number of hydrogen-bond donors (Lipinski definition) is 4. The Bertz CT molecular complexity index is 379. The first kappa shape index (κ1) is 15.2. The van der Waals surface area contributed by atoms with Crippen LogP contribution in [0.5, 0.6) is 0 Å². The van der Waals surface area contributed by atoms with Gasteiger partial charge in [0.1, 0.15) is 11.5 Å². The Hall–Kier alpha value is -1.83. The van der Waals surface area contributed by atoms with Crippen LogP contribution in [0, 0.1) is 5.41 Å². The minimum absolute atomic E-state index is 0.114. The minimum Gasteiger partial charge on any atom is -0.409 e. The molecule has 0 radical (unpaired) electrons. The van der Waals surface area contributed by atoms with Crippen molar-refractivity contribution in [2.75, 3.05) is 20.3 Å². The standard InChI is InChI=1S/C11H20N4O4/c1-7(8(16)13-5-6-19-2)14-10(17)11(3-4-11)9(12)15-18/h7,18H,3-6H2,1-2H3,(H2,12,15)(H,13,16)(H,14,17). The van der Waals surface area contributed by atoms with E-state index < -0.39 is 17.4 Å². The Balaban J connectivity index is 2.46. The zero-order chi connectivity index (χ0) is 14.5. The van der Waals surface area contributed by atoms with Crippen LogP contribution >= 0.6 is 0 Å². The highest BCUT2D eigenvalue weighted by molar-refractivity contribution is 6.10. The number of oxime groups is 1. The van der Waals surface area contributed by atoms with E-state index in [0.717, 1.165) is 0 Å². The molecule has 1 fully saturated rings. The Labute approximate surface area is 111 Å². The monoisotopic (exact) mass is 272 g/mol. The van der Waals surface area contributed by atoms with Gasteiger partial charge in [0.15, 0.2) is 5.84 Å². The van der Waals surface area contributed by atoms with Crippen molar-refractivity contribution >= 4 is 17.6 Å². The lowest BCUT2D eigenvalue weighted by molar-refractivity contribution is -0.130. The Morgan fingerprint density at radius 3 is 2.63 bits per heavy atom. The summed E-state index contributed by atoms with van der Waals surface area (Å²) in [5.41, 5.74) is 4.54. The highest BCUT2D eigenvalue weighted by Gasteiger charge is 2.54. The molecule has 8 heteroatoms. The van der Waals surface area contributed by atoms with E-state index >= 15 is 0 Å². The van der Waals surface area contributed by atoms with Gasteiger partial charge in [-0.3, -0.25) is 9.59 Å². The first-order chi connectivity index (χ1) is 8.97. The first-order valence-corrected chi connectivity index (χ1v) is 6.03. The quantitative estimate of drug-likeness (QED) is 0.152. The molecule has 0 heterocycles. The van der Waals surface area contributed by atoms with Gasteiger partial charge < -0.3 is 26.3 Å².